The van der Waals surface area contributed by atoms with E-state index in [1.807, 2.05) is 25.1 Å². The quantitative estimate of drug-likeness (QED) is 0.568. The molecule has 0 saturated heterocycles. The first-order valence-electron chi connectivity index (χ1n) is 8.91. The van der Waals surface area contributed by atoms with Gasteiger partial charge in [-0.25, -0.2) is 4.79 Å². The Labute approximate surface area is 163 Å². The third-order valence-corrected chi connectivity index (χ3v) is 3.84. The second kappa shape index (κ2) is 9.23. The summed E-state index contributed by atoms with van der Waals surface area (Å²) in [6.45, 7) is 2.48. The van der Waals surface area contributed by atoms with Crippen molar-refractivity contribution in [2.75, 3.05) is 22.6 Å². The molecule has 3 aromatic carbocycles. The molecule has 3 amide bonds. The van der Waals surface area contributed by atoms with Gasteiger partial charge in [-0.05, 0) is 61.5 Å². The predicted molar refractivity (Wildman–Crippen MR) is 111 cm³/mol. The van der Waals surface area contributed by atoms with Gasteiger partial charge in [0.1, 0.15) is 5.75 Å². The van der Waals surface area contributed by atoms with Crippen molar-refractivity contribution < 1.29 is 14.3 Å². The molecule has 0 unspecified atom stereocenters. The van der Waals surface area contributed by atoms with Gasteiger partial charge in [-0.2, -0.15) is 0 Å². The van der Waals surface area contributed by atoms with Crippen LogP contribution in [0.3, 0.4) is 0 Å². The highest BCUT2D eigenvalue weighted by Gasteiger charge is 2.08. The van der Waals surface area contributed by atoms with E-state index in [-0.39, 0.29) is 11.9 Å². The molecule has 3 N–H and O–H groups in total. The van der Waals surface area contributed by atoms with Crippen molar-refractivity contribution in [3.05, 3.63) is 84.4 Å². The number of rotatable bonds is 6. The van der Waals surface area contributed by atoms with Gasteiger partial charge in [-0.1, -0.05) is 24.3 Å². The number of carbonyl (C=O) groups is 2. The molecule has 0 aliphatic carbocycles. The molecule has 3 aromatic rings. The molecule has 0 radical (unpaired) electrons. The topological polar surface area (TPSA) is 79.5 Å². The van der Waals surface area contributed by atoms with Crippen LogP contribution in [-0.4, -0.2) is 18.5 Å². The Kier molecular flexibility index (Phi) is 6.25. The van der Waals surface area contributed by atoms with E-state index in [1.165, 1.54) is 0 Å². The lowest BCUT2D eigenvalue weighted by molar-refractivity contribution is 0.102. The van der Waals surface area contributed by atoms with Gasteiger partial charge in [0, 0.05) is 22.6 Å². The van der Waals surface area contributed by atoms with Gasteiger partial charge in [0.25, 0.3) is 5.91 Å². The van der Waals surface area contributed by atoms with Crippen LogP contribution in [0.5, 0.6) is 5.75 Å². The molecule has 3 rings (SSSR count). The first-order chi connectivity index (χ1) is 13.6. The maximum Gasteiger partial charge on any atom is 0.323 e. The van der Waals surface area contributed by atoms with E-state index in [0.717, 1.165) is 5.75 Å². The average Bonchev–Trinajstić information content (AvgIpc) is 2.70. The van der Waals surface area contributed by atoms with E-state index in [1.54, 1.807) is 60.7 Å². The molecule has 0 heterocycles. The number of hydrogen-bond donors (Lipinski definition) is 3. The van der Waals surface area contributed by atoms with E-state index in [4.69, 9.17) is 4.74 Å². The maximum absolute atomic E-state index is 12.4. The van der Waals surface area contributed by atoms with Crippen molar-refractivity contribution in [1.82, 2.24) is 0 Å². The molecular weight excluding hydrogens is 354 g/mol. The molecule has 0 atom stereocenters. The summed E-state index contributed by atoms with van der Waals surface area (Å²) in [5.41, 5.74) is 2.36. The van der Waals surface area contributed by atoms with Crippen LogP contribution < -0.4 is 20.7 Å². The Bertz CT molecular complexity index is 941. The van der Waals surface area contributed by atoms with E-state index in [9.17, 15) is 9.59 Å². The van der Waals surface area contributed by atoms with E-state index in [0.29, 0.717) is 29.2 Å². The average molecular weight is 375 g/mol. The van der Waals surface area contributed by atoms with Crippen LogP contribution in [0.25, 0.3) is 0 Å². The molecule has 0 bridgehead atoms. The van der Waals surface area contributed by atoms with Crippen molar-refractivity contribution in [3.8, 4) is 5.75 Å². The molecule has 0 aromatic heterocycles. The van der Waals surface area contributed by atoms with E-state index < -0.39 is 0 Å². The van der Waals surface area contributed by atoms with Crippen LogP contribution in [0.1, 0.15) is 17.3 Å². The van der Waals surface area contributed by atoms with Gasteiger partial charge in [0.15, 0.2) is 0 Å². The number of nitrogens with one attached hydrogen (secondary N) is 3. The molecular formula is C22H21N3O3. The fourth-order valence-corrected chi connectivity index (χ4v) is 2.56. The van der Waals surface area contributed by atoms with Crippen molar-refractivity contribution in [1.29, 1.82) is 0 Å². The zero-order valence-corrected chi connectivity index (χ0v) is 15.4. The highest BCUT2D eigenvalue weighted by atomic mass is 16.5. The number of anilines is 3. The second-order valence-electron chi connectivity index (χ2n) is 5.94. The molecule has 0 aliphatic heterocycles. The number of ether oxygens (including phenoxy) is 1. The van der Waals surface area contributed by atoms with Crippen molar-refractivity contribution in [2.24, 2.45) is 0 Å². The Balaban J connectivity index is 1.61. The zero-order chi connectivity index (χ0) is 19.8. The van der Waals surface area contributed by atoms with Gasteiger partial charge in [0.05, 0.1) is 6.61 Å². The van der Waals surface area contributed by atoms with E-state index >= 15 is 0 Å². The Morgan fingerprint density at radius 2 is 1.36 bits per heavy atom. The van der Waals surface area contributed by atoms with Crippen LogP contribution in [0.4, 0.5) is 21.9 Å². The van der Waals surface area contributed by atoms with Crippen LogP contribution in [0, 0.1) is 0 Å². The fraction of sp³-hybridized carbons (Fsp3) is 0.0909. The van der Waals surface area contributed by atoms with Crippen LogP contribution in [-0.2, 0) is 0 Å². The zero-order valence-electron chi connectivity index (χ0n) is 15.4. The number of hydrogen-bond acceptors (Lipinski definition) is 3. The van der Waals surface area contributed by atoms with Crippen LogP contribution in [0.2, 0.25) is 0 Å². The highest BCUT2D eigenvalue weighted by molar-refractivity contribution is 6.05. The number of para-hydroxylation sites is 1. The number of benzene rings is 3. The van der Waals surface area contributed by atoms with E-state index in [2.05, 4.69) is 16.0 Å². The highest BCUT2D eigenvalue weighted by Crippen LogP contribution is 2.18. The molecule has 0 saturated carbocycles. The van der Waals surface area contributed by atoms with Gasteiger partial charge in [-0.3, -0.25) is 4.79 Å². The van der Waals surface area contributed by atoms with Crippen LogP contribution in [0.15, 0.2) is 78.9 Å². The Morgan fingerprint density at radius 3 is 2.04 bits per heavy atom. The summed E-state index contributed by atoms with van der Waals surface area (Å²) in [5.74, 6) is 0.476. The predicted octanol–water partition coefficient (Wildman–Crippen LogP) is 4.98. The lowest BCUT2D eigenvalue weighted by Gasteiger charge is -2.10. The molecule has 6 nitrogen and oxygen atoms in total. The van der Waals surface area contributed by atoms with Gasteiger partial charge < -0.3 is 20.7 Å². The number of carbonyl (C=O) groups excluding carboxylic acids is 2. The Morgan fingerprint density at radius 1 is 0.750 bits per heavy atom. The minimum atomic E-state index is -0.360. The fourth-order valence-electron chi connectivity index (χ4n) is 2.56. The third kappa shape index (κ3) is 5.35. The molecule has 0 aliphatic rings. The molecule has 0 fully saturated rings. The second-order valence-corrected chi connectivity index (χ2v) is 5.94. The molecule has 6 heteroatoms. The van der Waals surface area contributed by atoms with Crippen molar-refractivity contribution >= 4 is 29.0 Å². The summed E-state index contributed by atoms with van der Waals surface area (Å²) >= 11 is 0. The maximum atomic E-state index is 12.4. The monoisotopic (exact) mass is 375 g/mol. The summed E-state index contributed by atoms with van der Waals surface area (Å²) < 4.78 is 5.38. The van der Waals surface area contributed by atoms with Crippen LogP contribution >= 0.6 is 0 Å². The summed E-state index contributed by atoms with van der Waals surface area (Å²) in [5, 5.41) is 8.31. The normalized spacial score (nSPS) is 10.0. The minimum absolute atomic E-state index is 0.242. The molecule has 142 valence electrons. The van der Waals surface area contributed by atoms with Crippen molar-refractivity contribution in [3.63, 3.8) is 0 Å². The SMILES string of the molecule is CCOc1ccc(C(=O)Nc2cccc(NC(=O)Nc3ccccc3)c2)cc1. The summed E-state index contributed by atoms with van der Waals surface area (Å²) in [7, 11) is 0. The lowest BCUT2D eigenvalue weighted by Crippen LogP contribution is -2.19. The smallest absolute Gasteiger partial charge is 0.323 e. The minimum Gasteiger partial charge on any atom is -0.494 e. The summed E-state index contributed by atoms with van der Waals surface area (Å²) in [6, 6.07) is 22.7. The standard InChI is InChI=1S/C22H21N3O3/c1-2-28-20-13-11-16(12-14-20)21(26)23-18-9-6-10-19(15-18)25-22(27)24-17-7-4-3-5-8-17/h3-15H,2H2,1H3,(H,23,26)(H2,24,25,27). The van der Waals surface area contributed by atoms with Gasteiger partial charge in [-0.15, -0.1) is 0 Å². The first-order valence-corrected chi connectivity index (χ1v) is 8.91. The number of urea groups is 1. The summed E-state index contributed by atoms with van der Waals surface area (Å²) in [6.07, 6.45) is 0. The molecule has 28 heavy (non-hydrogen) atoms. The third-order valence-electron chi connectivity index (χ3n) is 3.84. The Hall–Kier alpha value is -3.80. The molecule has 0 spiro atoms. The largest absolute Gasteiger partial charge is 0.494 e. The number of amides is 3. The van der Waals surface area contributed by atoms with Crippen molar-refractivity contribution in [2.45, 2.75) is 6.92 Å². The first kappa shape index (κ1) is 19.0. The van der Waals surface area contributed by atoms with Gasteiger partial charge >= 0.3 is 6.03 Å². The van der Waals surface area contributed by atoms with Gasteiger partial charge in [0.2, 0.25) is 0 Å². The lowest BCUT2D eigenvalue weighted by atomic mass is 10.2. The summed E-state index contributed by atoms with van der Waals surface area (Å²) in [4.78, 5) is 24.5.